The minimum atomic E-state index is -3.34. The van der Waals surface area contributed by atoms with E-state index in [0.29, 0.717) is 0 Å². The van der Waals surface area contributed by atoms with E-state index in [9.17, 15) is 8.42 Å². The minimum Gasteiger partial charge on any atom is -0.370 e. The van der Waals surface area contributed by atoms with E-state index in [1.54, 1.807) is 11.3 Å². The molecule has 1 aromatic carbocycles. The summed E-state index contributed by atoms with van der Waals surface area (Å²) in [6.07, 6.45) is 0. The summed E-state index contributed by atoms with van der Waals surface area (Å²) in [5.74, 6) is 0.283. The molecule has 0 bridgehead atoms. The molecule has 0 amide bonds. The van der Waals surface area contributed by atoms with Crippen LogP contribution in [0.4, 0.5) is 5.69 Å². The lowest BCUT2D eigenvalue weighted by molar-refractivity contribution is 0.374. The van der Waals surface area contributed by atoms with Crippen LogP contribution in [0, 0.1) is 5.92 Å². The van der Waals surface area contributed by atoms with Crippen LogP contribution in [0.5, 0.6) is 0 Å². The van der Waals surface area contributed by atoms with Crippen LogP contribution in [-0.2, 0) is 14.3 Å². The first kappa shape index (κ1) is 12.9. The highest BCUT2D eigenvalue weighted by atomic mass is 32.2. The molecular formula is C13H15NO3S2. The summed E-state index contributed by atoms with van der Waals surface area (Å²) in [4.78, 5) is 2.23. The Balaban J connectivity index is 1.71. The van der Waals surface area contributed by atoms with Crippen molar-refractivity contribution in [3.63, 3.8) is 0 Å². The Morgan fingerprint density at radius 3 is 2.84 bits per heavy atom. The van der Waals surface area contributed by atoms with Crippen molar-refractivity contribution in [3.8, 4) is 0 Å². The first-order valence-corrected chi connectivity index (χ1v) is 8.54. The zero-order chi connectivity index (χ0) is 13.5. The minimum absolute atomic E-state index is 0.113. The SMILES string of the molecule is COS(=O)(=O)CC1CN(c2csc3ccccc23)C1. The second-order valence-electron chi connectivity index (χ2n) is 4.78. The van der Waals surface area contributed by atoms with Gasteiger partial charge < -0.3 is 4.90 Å². The van der Waals surface area contributed by atoms with Crippen molar-refractivity contribution in [3.05, 3.63) is 29.6 Å². The van der Waals surface area contributed by atoms with Gasteiger partial charge in [-0.25, -0.2) is 0 Å². The molecule has 1 aliphatic rings. The van der Waals surface area contributed by atoms with Crippen LogP contribution in [0.25, 0.3) is 10.1 Å². The van der Waals surface area contributed by atoms with Crippen LogP contribution in [-0.4, -0.2) is 34.4 Å². The Morgan fingerprint density at radius 1 is 1.37 bits per heavy atom. The molecule has 0 N–H and O–H groups in total. The zero-order valence-electron chi connectivity index (χ0n) is 10.6. The lowest BCUT2D eigenvalue weighted by Gasteiger charge is -2.40. The number of rotatable bonds is 4. The van der Waals surface area contributed by atoms with Gasteiger partial charge >= 0.3 is 0 Å². The van der Waals surface area contributed by atoms with Crippen molar-refractivity contribution >= 4 is 37.2 Å². The maximum atomic E-state index is 11.4. The Kier molecular flexibility index (Phi) is 3.24. The third-order valence-corrected chi connectivity index (χ3v) is 5.79. The Morgan fingerprint density at radius 2 is 2.11 bits per heavy atom. The Hall–Kier alpha value is -1.11. The number of fused-ring (bicyclic) bond motifs is 1. The molecule has 1 saturated heterocycles. The van der Waals surface area contributed by atoms with Gasteiger partial charge in [0.2, 0.25) is 0 Å². The fraction of sp³-hybridized carbons (Fsp3) is 0.385. The number of hydrogen-bond donors (Lipinski definition) is 0. The average molecular weight is 297 g/mol. The molecule has 6 heteroatoms. The summed E-state index contributed by atoms with van der Waals surface area (Å²) in [5.41, 5.74) is 1.21. The molecule has 0 unspecified atom stereocenters. The van der Waals surface area contributed by atoms with Gasteiger partial charge in [-0.05, 0) is 6.07 Å². The number of nitrogens with zero attached hydrogens (tertiary/aromatic N) is 1. The molecule has 1 aromatic heterocycles. The second kappa shape index (κ2) is 4.77. The van der Waals surface area contributed by atoms with Gasteiger partial charge in [0.25, 0.3) is 10.1 Å². The predicted octanol–water partition coefficient (Wildman–Crippen LogP) is 2.31. The van der Waals surface area contributed by atoms with Crippen molar-refractivity contribution in [2.24, 2.45) is 5.92 Å². The molecule has 1 fully saturated rings. The predicted molar refractivity (Wildman–Crippen MR) is 78.3 cm³/mol. The van der Waals surface area contributed by atoms with E-state index in [1.807, 2.05) is 12.1 Å². The van der Waals surface area contributed by atoms with E-state index in [0.717, 1.165) is 13.1 Å². The zero-order valence-corrected chi connectivity index (χ0v) is 12.2. The van der Waals surface area contributed by atoms with Crippen LogP contribution < -0.4 is 4.90 Å². The van der Waals surface area contributed by atoms with Crippen molar-refractivity contribution in [2.45, 2.75) is 0 Å². The third-order valence-electron chi connectivity index (χ3n) is 3.45. The van der Waals surface area contributed by atoms with E-state index in [2.05, 4.69) is 26.6 Å². The molecule has 19 heavy (non-hydrogen) atoms. The van der Waals surface area contributed by atoms with E-state index in [-0.39, 0.29) is 11.7 Å². The van der Waals surface area contributed by atoms with Gasteiger partial charge in [0.15, 0.2) is 0 Å². The van der Waals surface area contributed by atoms with Crippen LogP contribution in [0.3, 0.4) is 0 Å². The standard InChI is InChI=1S/C13H15NO3S2/c1-17-19(15,16)9-10-6-14(7-10)12-8-18-13-5-3-2-4-11(12)13/h2-5,8,10H,6-7,9H2,1H3. The fourth-order valence-electron chi connectivity index (χ4n) is 2.44. The molecule has 0 atom stereocenters. The normalized spacial score (nSPS) is 16.8. The topological polar surface area (TPSA) is 46.6 Å². The monoisotopic (exact) mass is 297 g/mol. The van der Waals surface area contributed by atoms with Crippen LogP contribution >= 0.6 is 11.3 Å². The summed E-state index contributed by atoms with van der Waals surface area (Å²) < 4.78 is 28.5. The first-order valence-electron chi connectivity index (χ1n) is 6.08. The average Bonchev–Trinajstić information content (AvgIpc) is 2.77. The molecule has 2 aromatic rings. The van der Waals surface area contributed by atoms with Crippen molar-refractivity contribution in [1.29, 1.82) is 0 Å². The first-order chi connectivity index (χ1) is 9.09. The summed E-state index contributed by atoms with van der Waals surface area (Å²) in [5, 5.41) is 3.40. The molecular weight excluding hydrogens is 282 g/mol. The van der Waals surface area contributed by atoms with Gasteiger partial charge in [0.1, 0.15) is 0 Å². The Labute approximate surface area is 116 Å². The summed E-state index contributed by atoms with van der Waals surface area (Å²) >= 11 is 1.73. The molecule has 2 heterocycles. The van der Waals surface area contributed by atoms with Crippen LogP contribution in [0.1, 0.15) is 0 Å². The largest absolute Gasteiger partial charge is 0.370 e. The highest BCUT2D eigenvalue weighted by Gasteiger charge is 2.32. The highest BCUT2D eigenvalue weighted by Crippen LogP contribution is 2.36. The van der Waals surface area contributed by atoms with Crippen molar-refractivity contribution < 1.29 is 12.6 Å². The Bertz CT molecular complexity index is 687. The van der Waals surface area contributed by atoms with E-state index in [4.69, 9.17) is 0 Å². The fourth-order valence-corrected chi connectivity index (χ4v) is 4.33. The van der Waals surface area contributed by atoms with Gasteiger partial charge in [-0.1, -0.05) is 18.2 Å². The number of anilines is 1. The smallest absolute Gasteiger partial charge is 0.267 e. The lowest BCUT2D eigenvalue weighted by Crippen LogP contribution is -2.49. The summed E-state index contributed by atoms with van der Waals surface area (Å²) in [6.45, 7) is 1.56. The maximum absolute atomic E-state index is 11.4. The molecule has 0 radical (unpaired) electrons. The van der Waals surface area contributed by atoms with E-state index >= 15 is 0 Å². The van der Waals surface area contributed by atoms with E-state index < -0.39 is 10.1 Å². The summed E-state index contributed by atoms with van der Waals surface area (Å²) in [7, 11) is -2.12. The molecule has 1 aliphatic heterocycles. The number of thiophene rings is 1. The number of hydrogen-bond acceptors (Lipinski definition) is 5. The van der Waals surface area contributed by atoms with Crippen LogP contribution in [0.15, 0.2) is 29.6 Å². The molecule has 0 saturated carbocycles. The van der Waals surface area contributed by atoms with Gasteiger partial charge in [-0.3, -0.25) is 4.18 Å². The van der Waals surface area contributed by atoms with E-state index in [1.165, 1.54) is 22.9 Å². The molecule has 0 spiro atoms. The van der Waals surface area contributed by atoms with Gasteiger partial charge in [0, 0.05) is 34.5 Å². The van der Waals surface area contributed by atoms with Gasteiger partial charge in [-0.15, -0.1) is 11.3 Å². The quantitative estimate of drug-likeness (QED) is 0.813. The lowest BCUT2D eigenvalue weighted by atomic mass is 10.0. The molecule has 0 aliphatic carbocycles. The highest BCUT2D eigenvalue weighted by molar-refractivity contribution is 7.86. The number of benzene rings is 1. The van der Waals surface area contributed by atoms with Crippen molar-refractivity contribution in [1.82, 2.24) is 0 Å². The van der Waals surface area contributed by atoms with Gasteiger partial charge in [0.05, 0.1) is 18.6 Å². The molecule has 3 rings (SSSR count). The summed E-state index contributed by atoms with van der Waals surface area (Å²) in [6, 6.07) is 8.29. The molecule has 4 nitrogen and oxygen atoms in total. The molecule has 102 valence electrons. The second-order valence-corrected chi connectivity index (χ2v) is 7.47. The van der Waals surface area contributed by atoms with Gasteiger partial charge in [-0.2, -0.15) is 8.42 Å². The maximum Gasteiger partial charge on any atom is 0.267 e. The van der Waals surface area contributed by atoms with Crippen LogP contribution in [0.2, 0.25) is 0 Å². The van der Waals surface area contributed by atoms with Crippen molar-refractivity contribution in [2.75, 3.05) is 30.9 Å². The third kappa shape index (κ3) is 2.48.